The summed E-state index contributed by atoms with van der Waals surface area (Å²) in [7, 11) is 1.55. The molecule has 0 aromatic heterocycles. The van der Waals surface area contributed by atoms with Crippen LogP contribution in [0.1, 0.15) is 31.9 Å². The number of carbonyl (C=O) groups is 1. The van der Waals surface area contributed by atoms with Crippen LogP contribution < -0.4 is 0 Å². The molecule has 1 aromatic carbocycles. The number of hydrogen-bond acceptors (Lipinski definition) is 3. The average molecular weight is 294 g/mol. The summed E-state index contributed by atoms with van der Waals surface area (Å²) in [5.74, 6) is -0.964. The van der Waals surface area contributed by atoms with Crippen molar-refractivity contribution >= 4 is 12.0 Å². The third-order valence-corrected chi connectivity index (χ3v) is 2.70. The summed E-state index contributed by atoms with van der Waals surface area (Å²) in [6.45, 7) is 9.50. The lowest BCUT2D eigenvalue weighted by Gasteiger charge is -2.22. The molecule has 4 heteroatoms. The number of aliphatic carboxylic acids is 1. The van der Waals surface area contributed by atoms with E-state index in [1.807, 2.05) is 6.08 Å². The Kier molecular flexibility index (Phi) is 9.34. The molecule has 0 spiro atoms. The highest BCUT2D eigenvalue weighted by atomic mass is 16.5. The fraction of sp³-hybridized carbons (Fsp3) is 0.471. The summed E-state index contributed by atoms with van der Waals surface area (Å²) < 4.78 is 9.83. The van der Waals surface area contributed by atoms with Crippen LogP contribution in [0.2, 0.25) is 0 Å². The zero-order valence-corrected chi connectivity index (χ0v) is 13.4. The SMILES string of the molecule is C=Cc1ccc(CC)cc1.COCC(C)(C)OCC(=O)O. The van der Waals surface area contributed by atoms with Gasteiger partial charge in [0.2, 0.25) is 0 Å². The van der Waals surface area contributed by atoms with Crippen LogP contribution in [0.4, 0.5) is 0 Å². The molecule has 118 valence electrons. The van der Waals surface area contributed by atoms with Crippen LogP contribution >= 0.6 is 0 Å². The zero-order chi connectivity index (χ0) is 16.3. The predicted octanol–water partition coefficient (Wildman–Crippen LogP) is 3.40. The maximum atomic E-state index is 10.1. The van der Waals surface area contributed by atoms with Gasteiger partial charge in [-0.25, -0.2) is 4.79 Å². The lowest BCUT2D eigenvalue weighted by atomic mass is 10.1. The number of ether oxygens (including phenoxy) is 2. The van der Waals surface area contributed by atoms with E-state index in [2.05, 4.69) is 37.8 Å². The smallest absolute Gasteiger partial charge is 0.329 e. The molecule has 0 heterocycles. The lowest BCUT2D eigenvalue weighted by molar-refractivity contribution is -0.150. The van der Waals surface area contributed by atoms with Gasteiger partial charge in [-0.2, -0.15) is 0 Å². The predicted molar refractivity (Wildman–Crippen MR) is 85.5 cm³/mol. The van der Waals surface area contributed by atoms with Crippen molar-refractivity contribution in [3.63, 3.8) is 0 Å². The number of hydrogen-bond donors (Lipinski definition) is 1. The minimum absolute atomic E-state index is 0.281. The quantitative estimate of drug-likeness (QED) is 0.837. The fourth-order valence-corrected chi connectivity index (χ4v) is 1.54. The van der Waals surface area contributed by atoms with Crippen LogP contribution in [0.25, 0.3) is 6.08 Å². The average Bonchev–Trinajstić information content (AvgIpc) is 2.46. The molecule has 0 fully saturated rings. The highest BCUT2D eigenvalue weighted by Crippen LogP contribution is 2.08. The van der Waals surface area contributed by atoms with Gasteiger partial charge in [0.25, 0.3) is 0 Å². The molecule has 0 aliphatic carbocycles. The maximum absolute atomic E-state index is 10.1. The van der Waals surface area contributed by atoms with Gasteiger partial charge < -0.3 is 14.6 Å². The molecule has 0 unspecified atom stereocenters. The standard InChI is InChI=1S/C10H12.C7H14O4/c1-3-9-5-7-10(4-2)8-6-9;1-7(2,5-10-3)11-4-6(8)9/h3,5-8H,1,4H2,2H3;4-5H2,1-3H3,(H,8,9). The molecule has 0 radical (unpaired) electrons. The molecule has 0 amide bonds. The van der Waals surface area contributed by atoms with Gasteiger partial charge in [0.05, 0.1) is 12.2 Å². The summed E-state index contributed by atoms with van der Waals surface area (Å²) >= 11 is 0. The number of aryl methyl sites for hydroxylation is 1. The summed E-state index contributed by atoms with van der Waals surface area (Å²) in [6, 6.07) is 8.45. The van der Waals surface area contributed by atoms with Gasteiger partial charge in [0, 0.05) is 7.11 Å². The maximum Gasteiger partial charge on any atom is 0.329 e. The van der Waals surface area contributed by atoms with Crippen molar-refractivity contribution in [1.29, 1.82) is 0 Å². The Morgan fingerprint density at radius 2 is 1.90 bits per heavy atom. The Balaban J connectivity index is 0.000000382. The minimum atomic E-state index is -0.964. The molecule has 0 aliphatic rings. The van der Waals surface area contributed by atoms with Crippen molar-refractivity contribution in [3.05, 3.63) is 42.0 Å². The molecular weight excluding hydrogens is 268 g/mol. The van der Waals surface area contributed by atoms with E-state index in [-0.39, 0.29) is 6.61 Å². The topological polar surface area (TPSA) is 55.8 Å². The molecular formula is C17H26O4. The van der Waals surface area contributed by atoms with Crippen LogP contribution in [-0.2, 0) is 20.7 Å². The third-order valence-electron chi connectivity index (χ3n) is 2.70. The van der Waals surface area contributed by atoms with E-state index in [0.717, 1.165) is 6.42 Å². The van der Waals surface area contributed by atoms with Crippen molar-refractivity contribution in [1.82, 2.24) is 0 Å². The molecule has 4 nitrogen and oxygen atoms in total. The molecule has 21 heavy (non-hydrogen) atoms. The summed E-state index contributed by atoms with van der Waals surface area (Å²) in [5, 5.41) is 8.28. The molecule has 1 rings (SSSR count). The number of carboxylic acid groups (broad SMARTS) is 1. The molecule has 1 N–H and O–H groups in total. The van der Waals surface area contributed by atoms with Gasteiger partial charge in [-0.3, -0.25) is 0 Å². The van der Waals surface area contributed by atoms with Gasteiger partial charge >= 0.3 is 5.97 Å². The van der Waals surface area contributed by atoms with Crippen LogP contribution in [-0.4, -0.2) is 37.0 Å². The second-order valence-corrected chi connectivity index (χ2v) is 5.17. The van der Waals surface area contributed by atoms with Crippen LogP contribution in [0, 0.1) is 0 Å². The van der Waals surface area contributed by atoms with Crippen molar-refractivity contribution in [2.24, 2.45) is 0 Å². The van der Waals surface area contributed by atoms with Crippen LogP contribution in [0.3, 0.4) is 0 Å². The first-order valence-electron chi connectivity index (χ1n) is 6.90. The van der Waals surface area contributed by atoms with Crippen molar-refractivity contribution < 1.29 is 19.4 Å². The van der Waals surface area contributed by atoms with Crippen LogP contribution in [0.5, 0.6) is 0 Å². The number of rotatable bonds is 7. The van der Waals surface area contributed by atoms with E-state index in [1.54, 1.807) is 21.0 Å². The first-order valence-corrected chi connectivity index (χ1v) is 6.90. The molecule has 0 saturated heterocycles. The van der Waals surface area contributed by atoms with Gasteiger partial charge in [-0.05, 0) is 31.4 Å². The highest BCUT2D eigenvalue weighted by molar-refractivity contribution is 5.68. The largest absolute Gasteiger partial charge is 0.480 e. The summed E-state index contributed by atoms with van der Waals surface area (Å²) in [5.41, 5.74) is 2.05. The lowest BCUT2D eigenvalue weighted by Crippen LogP contribution is -2.32. The van der Waals surface area contributed by atoms with Crippen LogP contribution in [0.15, 0.2) is 30.8 Å². The number of benzene rings is 1. The van der Waals surface area contributed by atoms with E-state index in [0.29, 0.717) is 6.61 Å². The first-order chi connectivity index (χ1) is 9.84. The molecule has 0 bridgehead atoms. The number of methoxy groups -OCH3 is 1. The second-order valence-electron chi connectivity index (χ2n) is 5.17. The molecule has 0 atom stereocenters. The molecule has 1 aromatic rings. The fourth-order valence-electron chi connectivity index (χ4n) is 1.54. The second kappa shape index (κ2) is 10.1. The third kappa shape index (κ3) is 9.82. The summed E-state index contributed by atoms with van der Waals surface area (Å²) in [6.07, 6.45) is 2.97. The molecule has 0 saturated carbocycles. The van der Waals surface area contributed by atoms with E-state index in [4.69, 9.17) is 14.6 Å². The van der Waals surface area contributed by atoms with E-state index < -0.39 is 11.6 Å². The van der Waals surface area contributed by atoms with Crippen molar-refractivity contribution in [2.75, 3.05) is 20.3 Å². The molecule has 0 aliphatic heterocycles. The van der Waals surface area contributed by atoms with Gasteiger partial charge in [-0.1, -0.05) is 43.8 Å². The Bertz CT molecular complexity index is 421. The van der Waals surface area contributed by atoms with Gasteiger partial charge in [-0.15, -0.1) is 0 Å². The van der Waals surface area contributed by atoms with Gasteiger partial charge in [0.1, 0.15) is 6.61 Å². The number of carboxylic acids is 1. The first kappa shape index (κ1) is 19.4. The Labute approximate surface area is 127 Å². The Morgan fingerprint density at radius 1 is 1.33 bits per heavy atom. The Hall–Kier alpha value is -1.65. The van der Waals surface area contributed by atoms with Gasteiger partial charge in [0.15, 0.2) is 0 Å². The minimum Gasteiger partial charge on any atom is -0.480 e. The highest BCUT2D eigenvalue weighted by Gasteiger charge is 2.18. The van der Waals surface area contributed by atoms with Crippen molar-refractivity contribution in [3.8, 4) is 0 Å². The summed E-state index contributed by atoms with van der Waals surface area (Å²) in [4.78, 5) is 10.1. The Morgan fingerprint density at radius 3 is 2.29 bits per heavy atom. The van der Waals surface area contributed by atoms with E-state index in [1.165, 1.54) is 11.1 Å². The van der Waals surface area contributed by atoms with E-state index in [9.17, 15) is 4.79 Å². The monoisotopic (exact) mass is 294 g/mol. The normalized spacial score (nSPS) is 10.5. The van der Waals surface area contributed by atoms with Crippen molar-refractivity contribution in [2.45, 2.75) is 32.8 Å². The zero-order valence-electron chi connectivity index (χ0n) is 13.4. The van der Waals surface area contributed by atoms with E-state index >= 15 is 0 Å².